The number of benzene rings is 2. The number of halogens is 1. The van der Waals surface area contributed by atoms with Gasteiger partial charge in [-0.3, -0.25) is 4.90 Å². The summed E-state index contributed by atoms with van der Waals surface area (Å²) in [5.74, 6) is 0.526. The Morgan fingerprint density at radius 3 is 2.61 bits per heavy atom. The highest BCUT2D eigenvalue weighted by Crippen LogP contribution is 2.38. The number of ether oxygens (including phenoxy) is 1. The highest BCUT2D eigenvalue weighted by Gasteiger charge is 2.37. The summed E-state index contributed by atoms with van der Waals surface area (Å²) in [5.41, 5.74) is 2.62. The predicted octanol–water partition coefficient (Wildman–Crippen LogP) is 4.70. The van der Waals surface area contributed by atoms with Crippen LogP contribution in [0.25, 0.3) is 11.3 Å². The van der Waals surface area contributed by atoms with Gasteiger partial charge in [0.25, 0.3) is 0 Å². The largest absolute Gasteiger partial charge is 0.497 e. The van der Waals surface area contributed by atoms with Gasteiger partial charge in [0, 0.05) is 29.6 Å². The fourth-order valence-corrected chi connectivity index (χ4v) is 5.18. The molecule has 2 aromatic heterocycles. The molecule has 1 N–H and O–H groups in total. The standard InChI is InChI=1S/C25H25FN4O2S/c1-32-20-10-6-18(7-11-20)23-13-24(25(31)16-29(23)14-21-3-2-12-33-21)30-15-22(27-28-30)17-4-8-19(26)9-5-17/h2-12,15,23-25,31H,13-14,16H2,1H3/t23-,24+,25+/m1/s1. The van der Waals surface area contributed by atoms with Gasteiger partial charge < -0.3 is 9.84 Å². The smallest absolute Gasteiger partial charge is 0.123 e. The number of hydrogen-bond acceptors (Lipinski definition) is 6. The lowest BCUT2D eigenvalue weighted by Crippen LogP contribution is -2.46. The van der Waals surface area contributed by atoms with E-state index in [0.717, 1.165) is 17.9 Å². The summed E-state index contributed by atoms with van der Waals surface area (Å²) in [6.07, 6.45) is 1.92. The van der Waals surface area contributed by atoms with E-state index in [4.69, 9.17) is 4.74 Å². The molecule has 0 bridgehead atoms. The number of methoxy groups -OCH3 is 1. The first kappa shape index (κ1) is 21.8. The Morgan fingerprint density at radius 1 is 1.12 bits per heavy atom. The molecule has 0 spiro atoms. The first-order chi connectivity index (χ1) is 16.1. The van der Waals surface area contributed by atoms with E-state index >= 15 is 0 Å². The molecule has 6 nitrogen and oxygen atoms in total. The van der Waals surface area contributed by atoms with Crippen molar-refractivity contribution in [2.45, 2.75) is 31.2 Å². The van der Waals surface area contributed by atoms with Crippen LogP contribution in [0.1, 0.15) is 28.9 Å². The van der Waals surface area contributed by atoms with Crippen LogP contribution in [-0.2, 0) is 6.54 Å². The number of hydrogen-bond donors (Lipinski definition) is 1. The summed E-state index contributed by atoms with van der Waals surface area (Å²) < 4.78 is 20.4. The third kappa shape index (κ3) is 4.68. The van der Waals surface area contributed by atoms with Crippen molar-refractivity contribution in [3.8, 4) is 17.0 Å². The van der Waals surface area contributed by atoms with E-state index in [-0.39, 0.29) is 17.9 Å². The second-order valence-electron chi connectivity index (χ2n) is 8.26. The summed E-state index contributed by atoms with van der Waals surface area (Å²) >= 11 is 1.72. The Morgan fingerprint density at radius 2 is 1.91 bits per heavy atom. The average molecular weight is 465 g/mol. The third-order valence-corrected chi connectivity index (χ3v) is 7.06. The van der Waals surface area contributed by atoms with Crippen molar-refractivity contribution < 1.29 is 14.2 Å². The number of piperidine rings is 1. The number of β-amino-alcohol motifs (C(OH)–C–C–N with tert-alkyl or cyclic N) is 1. The average Bonchev–Trinajstić information content (AvgIpc) is 3.53. The highest BCUT2D eigenvalue weighted by atomic mass is 32.1. The van der Waals surface area contributed by atoms with E-state index in [1.54, 1.807) is 35.3 Å². The molecule has 0 amide bonds. The number of aromatic nitrogens is 3. The molecule has 33 heavy (non-hydrogen) atoms. The van der Waals surface area contributed by atoms with Crippen LogP contribution in [0.3, 0.4) is 0 Å². The second-order valence-corrected chi connectivity index (χ2v) is 9.29. The second kappa shape index (κ2) is 9.43. The van der Waals surface area contributed by atoms with E-state index in [0.29, 0.717) is 18.7 Å². The summed E-state index contributed by atoms with van der Waals surface area (Å²) in [6, 6.07) is 18.4. The van der Waals surface area contributed by atoms with Gasteiger partial charge in [0.2, 0.25) is 0 Å². The minimum atomic E-state index is -0.595. The molecule has 3 atom stereocenters. The summed E-state index contributed by atoms with van der Waals surface area (Å²) in [5, 5.41) is 21.8. The van der Waals surface area contributed by atoms with Crippen LogP contribution < -0.4 is 4.74 Å². The SMILES string of the molecule is COc1ccc([C@H]2C[C@H](n3cc(-c4ccc(F)cc4)nn3)[C@@H](O)CN2Cc2cccs2)cc1. The third-order valence-electron chi connectivity index (χ3n) is 6.20. The molecule has 0 aliphatic carbocycles. The lowest BCUT2D eigenvalue weighted by Gasteiger charge is -2.42. The molecule has 170 valence electrons. The molecule has 0 radical (unpaired) electrons. The van der Waals surface area contributed by atoms with E-state index in [1.165, 1.54) is 22.6 Å². The quantitative estimate of drug-likeness (QED) is 0.448. The molecule has 2 aromatic carbocycles. The van der Waals surface area contributed by atoms with E-state index in [1.807, 2.05) is 18.3 Å². The van der Waals surface area contributed by atoms with Crippen molar-refractivity contribution in [1.29, 1.82) is 0 Å². The highest BCUT2D eigenvalue weighted by molar-refractivity contribution is 7.09. The van der Waals surface area contributed by atoms with Crippen LogP contribution in [0.15, 0.2) is 72.2 Å². The van der Waals surface area contributed by atoms with Crippen LogP contribution in [0.2, 0.25) is 0 Å². The zero-order valence-corrected chi connectivity index (χ0v) is 19.0. The maximum Gasteiger partial charge on any atom is 0.123 e. The zero-order chi connectivity index (χ0) is 22.8. The number of aliphatic hydroxyl groups is 1. The minimum Gasteiger partial charge on any atom is -0.497 e. The summed E-state index contributed by atoms with van der Waals surface area (Å²) in [4.78, 5) is 3.59. The number of rotatable bonds is 6. The maximum atomic E-state index is 13.3. The van der Waals surface area contributed by atoms with E-state index in [9.17, 15) is 9.50 Å². The van der Waals surface area contributed by atoms with Crippen molar-refractivity contribution in [3.05, 3.63) is 88.5 Å². The topological polar surface area (TPSA) is 63.4 Å². The van der Waals surface area contributed by atoms with E-state index in [2.05, 4.69) is 44.9 Å². The van der Waals surface area contributed by atoms with Crippen LogP contribution in [0.5, 0.6) is 5.75 Å². The molecular formula is C25H25FN4O2S. The monoisotopic (exact) mass is 464 g/mol. The zero-order valence-electron chi connectivity index (χ0n) is 18.2. The molecule has 3 heterocycles. The molecule has 8 heteroatoms. The first-order valence-corrected chi connectivity index (χ1v) is 11.7. The Hall–Kier alpha value is -3.07. The lowest BCUT2D eigenvalue weighted by atomic mass is 9.90. The van der Waals surface area contributed by atoms with Crippen molar-refractivity contribution in [3.63, 3.8) is 0 Å². The fraction of sp³-hybridized carbons (Fsp3) is 0.280. The summed E-state index contributed by atoms with van der Waals surface area (Å²) in [7, 11) is 1.66. The molecule has 5 rings (SSSR count). The summed E-state index contributed by atoms with van der Waals surface area (Å²) in [6.45, 7) is 1.29. The van der Waals surface area contributed by atoms with Crippen LogP contribution >= 0.6 is 11.3 Å². The predicted molar refractivity (Wildman–Crippen MR) is 126 cm³/mol. The lowest BCUT2D eigenvalue weighted by molar-refractivity contribution is -0.0131. The molecule has 1 saturated heterocycles. The Kier molecular flexibility index (Phi) is 6.22. The molecule has 1 aliphatic heterocycles. The normalized spacial score (nSPS) is 21.2. The molecular weight excluding hydrogens is 439 g/mol. The first-order valence-electron chi connectivity index (χ1n) is 10.9. The molecule has 1 fully saturated rings. The van der Waals surface area contributed by atoms with Crippen LogP contribution in [-0.4, -0.2) is 44.8 Å². The van der Waals surface area contributed by atoms with Gasteiger partial charge in [0.15, 0.2) is 0 Å². The van der Waals surface area contributed by atoms with Crippen molar-refractivity contribution in [1.82, 2.24) is 19.9 Å². The number of thiophene rings is 1. The van der Waals surface area contributed by atoms with Gasteiger partial charge >= 0.3 is 0 Å². The van der Waals surface area contributed by atoms with Gasteiger partial charge in [-0.2, -0.15) is 0 Å². The van der Waals surface area contributed by atoms with Crippen LogP contribution in [0, 0.1) is 5.82 Å². The van der Waals surface area contributed by atoms with Gasteiger partial charge in [-0.1, -0.05) is 23.4 Å². The number of likely N-dealkylation sites (tertiary alicyclic amines) is 1. The Balaban J connectivity index is 1.42. The Labute approximate surface area is 195 Å². The van der Waals surface area contributed by atoms with Crippen molar-refractivity contribution in [2.75, 3.05) is 13.7 Å². The van der Waals surface area contributed by atoms with Crippen molar-refractivity contribution in [2.24, 2.45) is 0 Å². The number of aliphatic hydroxyl groups excluding tert-OH is 1. The van der Waals surface area contributed by atoms with Gasteiger partial charge in [0.05, 0.1) is 25.5 Å². The Bertz CT molecular complexity index is 1180. The molecule has 0 saturated carbocycles. The maximum absolute atomic E-state index is 13.3. The van der Waals surface area contributed by atoms with Gasteiger partial charge in [-0.05, 0) is 59.8 Å². The van der Waals surface area contributed by atoms with Gasteiger partial charge in [-0.15, -0.1) is 16.4 Å². The van der Waals surface area contributed by atoms with Crippen molar-refractivity contribution >= 4 is 11.3 Å². The molecule has 4 aromatic rings. The number of nitrogens with zero attached hydrogens (tertiary/aromatic N) is 4. The minimum absolute atomic E-state index is 0.102. The van der Waals surface area contributed by atoms with E-state index < -0.39 is 6.10 Å². The molecule has 1 aliphatic rings. The molecule has 0 unspecified atom stereocenters. The van der Waals surface area contributed by atoms with Crippen LogP contribution in [0.4, 0.5) is 4.39 Å². The fourth-order valence-electron chi connectivity index (χ4n) is 4.45. The van der Waals surface area contributed by atoms with Gasteiger partial charge in [-0.25, -0.2) is 9.07 Å². The van der Waals surface area contributed by atoms with Gasteiger partial charge in [0.1, 0.15) is 17.3 Å².